The summed E-state index contributed by atoms with van der Waals surface area (Å²) in [6, 6.07) is 5.39. The van der Waals surface area contributed by atoms with E-state index in [1.54, 1.807) is 38.6 Å². The van der Waals surface area contributed by atoms with Crippen LogP contribution in [0.4, 0.5) is 0 Å². The second-order valence-corrected chi connectivity index (χ2v) is 6.74. The Bertz CT molecular complexity index is 932. The van der Waals surface area contributed by atoms with Crippen molar-refractivity contribution in [1.82, 2.24) is 15.0 Å². The normalized spacial score (nSPS) is 11.0. The van der Waals surface area contributed by atoms with Gasteiger partial charge < -0.3 is 30.4 Å². The number of nitrogens with zero attached hydrogens (tertiary/aromatic N) is 3. The second-order valence-electron chi connectivity index (χ2n) is 5.40. The topological polar surface area (TPSA) is 138 Å². The fourth-order valence-electron chi connectivity index (χ4n) is 2.55. The van der Waals surface area contributed by atoms with E-state index in [4.69, 9.17) is 9.47 Å². The Morgan fingerprint density at radius 2 is 1.85 bits per heavy atom. The fraction of sp³-hybridized carbons (Fsp3) is 0.294. The van der Waals surface area contributed by atoms with Gasteiger partial charge >= 0.3 is 29.6 Å². The zero-order chi connectivity index (χ0) is 17.3. The van der Waals surface area contributed by atoms with Crippen LogP contribution in [0.15, 0.2) is 29.6 Å². The first kappa shape index (κ1) is 25.5. The molecular formula is C17H22N3NaO5S. The first-order valence-electron chi connectivity index (χ1n) is 7.39. The molecule has 0 unspecified atom stereocenters. The number of hydrogen-bond donors (Lipinski definition) is 0. The van der Waals surface area contributed by atoms with E-state index in [1.165, 1.54) is 0 Å². The zero-order valence-corrected chi connectivity index (χ0v) is 18.8. The van der Waals surface area contributed by atoms with Gasteiger partial charge in [0.2, 0.25) is 0 Å². The number of fused-ring (bicyclic) bond motifs is 1. The van der Waals surface area contributed by atoms with Crippen LogP contribution in [0.1, 0.15) is 16.8 Å². The van der Waals surface area contributed by atoms with E-state index < -0.39 is 10.8 Å². The molecule has 0 saturated carbocycles. The number of hydrogen-bond acceptors (Lipinski definition) is 5. The summed E-state index contributed by atoms with van der Waals surface area (Å²) in [6.45, 7) is 3.85. The summed E-state index contributed by atoms with van der Waals surface area (Å²) >= 11 is 0. The molecule has 0 fully saturated rings. The molecule has 2 aromatic heterocycles. The Labute approximate surface area is 182 Å². The van der Waals surface area contributed by atoms with E-state index in [9.17, 15) is 4.21 Å². The summed E-state index contributed by atoms with van der Waals surface area (Å²) in [5, 5.41) is 0.305. The van der Waals surface area contributed by atoms with E-state index in [0.29, 0.717) is 21.9 Å². The average Bonchev–Trinajstić information content (AvgIpc) is 3.01. The van der Waals surface area contributed by atoms with E-state index in [2.05, 4.69) is 15.0 Å². The number of methoxy groups -OCH3 is 2. The van der Waals surface area contributed by atoms with Gasteiger partial charge in [0, 0.05) is 22.5 Å². The molecule has 0 radical (unpaired) electrons. The van der Waals surface area contributed by atoms with E-state index >= 15 is 0 Å². The van der Waals surface area contributed by atoms with Crippen molar-refractivity contribution < 1.29 is 54.2 Å². The predicted octanol–water partition coefficient (Wildman–Crippen LogP) is -2.12. The van der Waals surface area contributed by atoms with Crippen molar-refractivity contribution in [2.75, 3.05) is 14.2 Å². The maximum absolute atomic E-state index is 12.6. The molecule has 3 aromatic rings. The molecular weight excluding hydrogens is 381 g/mol. The Hall–Kier alpha value is -1.49. The molecule has 10 heteroatoms. The Balaban J connectivity index is 0.00000225. The van der Waals surface area contributed by atoms with Crippen LogP contribution < -0.4 is 44.0 Å². The minimum absolute atomic E-state index is 0. The van der Waals surface area contributed by atoms with Crippen LogP contribution in [0, 0.1) is 13.8 Å². The van der Waals surface area contributed by atoms with Crippen molar-refractivity contribution in [3.05, 3.63) is 41.2 Å². The summed E-state index contributed by atoms with van der Waals surface area (Å²) in [4.78, 5) is 13.1. The quantitative estimate of drug-likeness (QED) is 0.447. The molecule has 0 aliphatic rings. The summed E-state index contributed by atoms with van der Waals surface area (Å²) in [5.41, 5.74) is 3.94. The van der Waals surface area contributed by atoms with Crippen LogP contribution in [0.5, 0.6) is 11.5 Å². The third-order valence-corrected chi connectivity index (χ3v) is 4.96. The van der Waals surface area contributed by atoms with Gasteiger partial charge in [-0.15, -0.1) is 0 Å². The van der Waals surface area contributed by atoms with Gasteiger partial charge in [0.05, 0.1) is 36.5 Å². The first-order chi connectivity index (χ1) is 11.5. The molecule has 2 heterocycles. The predicted molar refractivity (Wildman–Crippen MR) is 99.2 cm³/mol. The smallest absolute Gasteiger partial charge is 0.497 e. The molecule has 0 aliphatic carbocycles. The van der Waals surface area contributed by atoms with Crippen LogP contribution in [0.3, 0.4) is 0 Å². The Morgan fingerprint density at radius 1 is 1.15 bits per heavy atom. The summed E-state index contributed by atoms with van der Waals surface area (Å²) < 4.78 is 23.2. The van der Waals surface area contributed by atoms with Gasteiger partial charge in [-0.1, -0.05) is 6.07 Å². The van der Waals surface area contributed by atoms with Gasteiger partial charge in [-0.05, 0) is 37.0 Å². The molecule has 27 heavy (non-hydrogen) atoms. The first-order valence-corrected chi connectivity index (χ1v) is 8.71. The van der Waals surface area contributed by atoms with Crippen molar-refractivity contribution in [1.29, 1.82) is 0 Å². The fourth-order valence-corrected chi connectivity index (χ4v) is 3.62. The number of aromatic nitrogens is 3. The summed E-state index contributed by atoms with van der Waals surface area (Å²) in [5.74, 6) is 1.71. The molecule has 0 aliphatic heterocycles. The van der Waals surface area contributed by atoms with Gasteiger partial charge in [-0.3, -0.25) is 9.19 Å². The Kier molecular flexibility index (Phi) is 10.2. The molecule has 1 aromatic carbocycles. The maximum atomic E-state index is 12.6. The van der Waals surface area contributed by atoms with Crippen LogP contribution >= 0.6 is 0 Å². The number of imidazole rings is 1. The van der Waals surface area contributed by atoms with E-state index in [1.807, 2.05) is 13.8 Å². The van der Waals surface area contributed by atoms with Crippen LogP contribution in [-0.4, -0.2) is 39.3 Å². The average molecular weight is 403 g/mol. The standard InChI is InChI=1S/C17H18N3O3S.Na.2H2O/c1-10-8-18-15(11(2)16(10)23-4)9-24(21)17-19-13-6-5-12(22-3)7-14(13)20-17;;;/h5-8H,9H2,1-4H3;;2*1H2/q-1;+1;;/t24-;;;/m0.../s1. The van der Waals surface area contributed by atoms with Gasteiger partial charge in [0.25, 0.3) is 0 Å². The second kappa shape index (κ2) is 10.7. The van der Waals surface area contributed by atoms with Crippen LogP contribution in [-0.2, 0) is 16.6 Å². The number of aryl methyl sites for hydroxylation is 1. The Morgan fingerprint density at radius 3 is 2.48 bits per heavy atom. The molecule has 0 bridgehead atoms. The van der Waals surface area contributed by atoms with Gasteiger partial charge in [-0.25, -0.2) is 0 Å². The minimum atomic E-state index is -1.38. The third kappa shape index (κ3) is 5.28. The maximum Gasteiger partial charge on any atom is 1.00 e. The summed E-state index contributed by atoms with van der Waals surface area (Å²) in [6.07, 6.45) is 1.73. The zero-order valence-electron chi connectivity index (χ0n) is 16.0. The van der Waals surface area contributed by atoms with Crippen LogP contribution in [0.2, 0.25) is 0 Å². The number of pyridine rings is 1. The number of benzene rings is 1. The SMILES string of the molecule is COc1ccc2[n-]c([S@@](=O)Cc3ncc(C)c(OC)c3C)nc2c1.O.O.[Na+]. The van der Waals surface area contributed by atoms with Gasteiger partial charge in [-0.2, -0.15) is 0 Å². The van der Waals surface area contributed by atoms with E-state index in [0.717, 1.165) is 22.6 Å². The van der Waals surface area contributed by atoms with Gasteiger partial charge in [0.1, 0.15) is 11.5 Å². The van der Waals surface area contributed by atoms with Crippen LogP contribution in [0.25, 0.3) is 11.0 Å². The molecule has 8 nitrogen and oxygen atoms in total. The molecule has 142 valence electrons. The largest absolute Gasteiger partial charge is 1.00 e. The molecule has 4 N–H and O–H groups in total. The minimum Gasteiger partial charge on any atom is -0.497 e. The molecule has 3 rings (SSSR count). The monoisotopic (exact) mass is 403 g/mol. The van der Waals surface area contributed by atoms with Crippen molar-refractivity contribution in [2.45, 2.75) is 24.8 Å². The molecule has 1 atom stereocenters. The van der Waals surface area contributed by atoms with Crippen molar-refractivity contribution in [3.63, 3.8) is 0 Å². The molecule has 0 spiro atoms. The van der Waals surface area contributed by atoms with Crippen molar-refractivity contribution >= 4 is 21.8 Å². The summed E-state index contributed by atoms with van der Waals surface area (Å²) in [7, 11) is 1.83. The van der Waals surface area contributed by atoms with Crippen molar-refractivity contribution in [3.8, 4) is 11.5 Å². The van der Waals surface area contributed by atoms with E-state index in [-0.39, 0.29) is 46.3 Å². The van der Waals surface area contributed by atoms with Crippen molar-refractivity contribution in [2.24, 2.45) is 0 Å². The molecule has 0 saturated heterocycles. The third-order valence-electron chi connectivity index (χ3n) is 3.84. The number of rotatable bonds is 5. The number of ether oxygens (including phenoxy) is 2. The molecule has 0 amide bonds. The van der Waals surface area contributed by atoms with Gasteiger partial charge in [0.15, 0.2) is 0 Å².